The SMILES string of the molecule is CC(O)COC(Cc1ccccc1)(c1ccccc1)C(OP(O)O)(c1ccccc1)c1ccccc1. The molecule has 2 unspecified atom stereocenters. The summed E-state index contributed by atoms with van der Waals surface area (Å²) < 4.78 is 13.1. The molecule has 0 amide bonds. The molecular formula is C30H31O5P. The largest absolute Gasteiger partial charge is 0.391 e. The Bertz CT molecular complexity index is 1150. The number of aliphatic hydroxyl groups is 1. The maximum Gasteiger partial charge on any atom is 0.328 e. The second-order valence-corrected chi connectivity index (χ2v) is 9.46. The molecule has 0 aliphatic carbocycles. The highest BCUT2D eigenvalue weighted by Crippen LogP contribution is 2.57. The zero-order chi connectivity index (χ0) is 25.4. The molecule has 0 spiro atoms. The van der Waals surface area contributed by atoms with Gasteiger partial charge in [0.1, 0.15) is 5.60 Å². The van der Waals surface area contributed by atoms with Crippen molar-refractivity contribution in [3.05, 3.63) is 144 Å². The highest BCUT2D eigenvalue weighted by molar-refractivity contribution is 7.39. The zero-order valence-electron chi connectivity index (χ0n) is 20.1. The molecule has 186 valence electrons. The van der Waals surface area contributed by atoms with Gasteiger partial charge in [0.05, 0.1) is 12.7 Å². The van der Waals surface area contributed by atoms with Crippen molar-refractivity contribution in [1.29, 1.82) is 0 Å². The van der Waals surface area contributed by atoms with Gasteiger partial charge >= 0.3 is 8.60 Å². The summed E-state index contributed by atoms with van der Waals surface area (Å²) in [6, 6.07) is 38.5. The van der Waals surface area contributed by atoms with Crippen LogP contribution < -0.4 is 0 Å². The number of rotatable bonds is 11. The topological polar surface area (TPSA) is 79.2 Å². The molecule has 2 atom stereocenters. The molecule has 4 aromatic carbocycles. The van der Waals surface area contributed by atoms with E-state index in [1.54, 1.807) is 6.92 Å². The van der Waals surface area contributed by atoms with Crippen LogP contribution in [0.1, 0.15) is 29.2 Å². The third-order valence-electron chi connectivity index (χ3n) is 6.25. The van der Waals surface area contributed by atoms with Crippen molar-refractivity contribution in [3.8, 4) is 0 Å². The molecule has 0 saturated carbocycles. The lowest BCUT2D eigenvalue weighted by Crippen LogP contribution is -2.55. The zero-order valence-corrected chi connectivity index (χ0v) is 21.0. The summed E-state index contributed by atoms with van der Waals surface area (Å²) in [6.07, 6.45) is -0.435. The summed E-state index contributed by atoms with van der Waals surface area (Å²) in [5, 5.41) is 10.4. The maximum absolute atomic E-state index is 10.5. The van der Waals surface area contributed by atoms with Crippen LogP contribution in [-0.2, 0) is 26.9 Å². The van der Waals surface area contributed by atoms with Crippen LogP contribution in [0.3, 0.4) is 0 Å². The highest BCUT2D eigenvalue weighted by Gasteiger charge is 2.58. The van der Waals surface area contributed by atoms with Gasteiger partial charge in [-0.25, -0.2) is 0 Å². The fourth-order valence-corrected chi connectivity index (χ4v) is 5.40. The molecule has 4 rings (SSSR count). The molecule has 0 aliphatic rings. The number of hydrogen-bond donors (Lipinski definition) is 3. The van der Waals surface area contributed by atoms with Gasteiger partial charge in [0.2, 0.25) is 0 Å². The average Bonchev–Trinajstić information content (AvgIpc) is 2.91. The summed E-state index contributed by atoms with van der Waals surface area (Å²) >= 11 is 0. The van der Waals surface area contributed by atoms with Crippen LogP contribution >= 0.6 is 8.60 Å². The summed E-state index contributed by atoms with van der Waals surface area (Å²) in [7, 11) is -2.83. The van der Waals surface area contributed by atoms with E-state index in [1.165, 1.54) is 0 Å². The second kappa shape index (κ2) is 11.9. The van der Waals surface area contributed by atoms with E-state index in [2.05, 4.69) is 0 Å². The van der Waals surface area contributed by atoms with Crippen molar-refractivity contribution in [3.63, 3.8) is 0 Å². The molecular weight excluding hydrogens is 471 g/mol. The monoisotopic (exact) mass is 502 g/mol. The Morgan fingerprint density at radius 1 is 0.667 bits per heavy atom. The fraction of sp³-hybridized carbons (Fsp3) is 0.200. The van der Waals surface area contributed by atoms with Gasteiger partial charge in [0.25, 0.3) is 0 Å². The van der Waals surface area contributed by atoms with Crippen molar-refractivity contribution in [2.45, 2.75) is 30.7 Å². The van der Waals surface area contributed by atoms with Gasteiger partial charge in [-0.2, -0.15) is 0 Å². The number of benzene rings is 4. The van der Waals surface area contributed by atoms with E-state index >= 15 is 0 Å². The Balaban J connectivity index is 2.13. The minimum Gasteiger partial charge on any atom is -0.391 e. The predicted molar refractivity (Wildman–Crippen MR) is 142 cm³/mol. The maximum atomic E-state index is 10.5. The van der Waals surface area contributed by atoms with Crippen LogP contribution in [0, 0.1) is 0 Å². The predicted octanol–water partition coefficient (Wildman–Crippen LogP) is 5.69. The van der Waals surface area contributed by atoms with E-state index in [-0.39, 0.29) is 6.61 Å². The van der Waals surface area contributed by atoms with Crippen molar-refractivity contribution < 1.29 is 24.2 Å². The van der Waals surface area contributed by atoms with Crippen molar-refractivity contribution in [2.24, 2.45) is 0 Å². The first-order valence-corrected chi connectivity index (χ1v) is 13.0. The van der Waals surface area contributed by atoms with E-state index in [4.69, 9.17) is 9.26 Å². The average molecular weight is 503 g/mol. The molecule has 3 N–H and O–H groups in total. The molecule has 0 aliphatic heterocycles. The van der Waals surface area contributed by atoms with Crippen molar-refractivity contribution in [1.82, 2.24) is 0 Å². The first-order valence-electron chi connectivity index (χ1n) is 11.9. The Hall–Kier alpha value is -2.89. The number of hydrogen-bond acceptors (Lipinski definition) is 5. The van der Waals surface area contributed by atoms with E-state index in [0.29, 0.717) is 17.5 Å². The van der Waals surface area contributed by atoms with Crippen LogP contribution in [0.25, 0.3) is 0 Å². The van der Waals surface area contributed by atoms with Gasteiger partial charge < -0.3 is 19.6 Å². The summed E-state index contributed by atoms with van der Waals surface area (Å²) in [5.74, 6) is 0. The van der Waals surface area contributed by atoms with Crippen LogP contribution in [0.2, 0.25) is 0 Å². The fourth-order valence-electron chi connectivity index (χ4n) is 4.80. The van der Waals surface area contributed by atoms with Crippen LogP contribution in [0.4, 0.5) is 0 Å². The van der Waals surface area contributed by atoms with Gasteiger partial charge in [-0.05, 0) is 29.2 Å². The lowest BCUT2D eigenvalue weighted by atomic mass is 9.66. The minimum atomic E-state index is -2.83. The van der Waals surface area contributed by atoms with E-state index in [0.717, 1.165) is 11.1 Å². The van der Waals surface area contributed by atoms with Crippen LogP contribution in [-0.4, -0.2) is 27.6 Å². The Labute approximate surface area is 213 Å². The van der Waals surface area contributed by atoms with E-state index in [1.807, 2.05) is 121 Å². The molecule has 4 aromatic rings. The lowest BCUT2D eigenvalue weighted by Gasteiger charge is -2.51. The Kier molecular flexibility index (Phi) is 8.65. The summed E-state index contributed by atoms with van der Waals surface area (Å²) in [4.78, 5) is 20.9. The molecule has 36 heavy (non-hydrogen) atoms. The molecule has 0 saturated heterocycles. The van der Waals surface area contributed by atoms with Gasteiger partial charge in [0, 0.05) is 6.42 Å². The molecule has 0 fully saturated rings. The quantitative estimate of drug-likeness (QED) is 0.230. The summed E-state index contributed by atoms with van der Waals surface area (Å²) in [5.41, 5.74) is 0.332. The lowest BCUT2D eigenvalue weighted by molar-refractivity contribution is -0.180. The molecule has 0 radical (unpaired) electrons. The number of aliphatic hydroxyl groups excluding tert-OH is 1. The molecule has 0 aromatic heterocycles. The van der Waals surface area contributed by atoms with Crippen LogP contribution in [0.5, 0.6) is 0 Å². The molecule has 5 nitrogen and oxygen atoms in total. The molecule has 6 heteroatoms. The van der Waals surface area contributed by atoms with Gasteiger partial charge in [-0.3, -0.25) is 4.52 Å². The smallest absolute Gasteiger partial charge is 0.328 e. The first-order chi connectivity index (χ1) is 17.5. The second-order valence-electron chi connectivity index (χ2n) is 8.77. The third kappa shape index (κ3) is 5.42. The number of ether oxygens (including phenoxy) is 1. The van der Waals surface area contributed by atoms with Crippen LogP contribution in [0.15, 0.2) is 121 Å². The summed E-state index contributed by atoms with van der Waals surface area (Å²) in [6.45, 7) is 1.66. The first kappa shape index (κ1) is 26.2. The van der Waals surface area contributed by atoms with Gasteiger partial charge in [-0.1, -0.05) is 121 Å². The molecule has 0 bridgehead atoms. The minimum absolute atomic E-state index is 0.00128. The van der Waals surface area contributed by atoms with Crippen molar-refractivity contribution in [2.75, 3.05) is 6.61 Å². The molecule has 0 heterocycles. The highest BCUT2D eigenvalue weighted by atomic mass is 31.2. The third-order valence-corrected chi connectivity index (χ3v) is 6.69. The standard InChI is InChI=1S/C30H31O5P/c1-24(31)23-34-29(26-16-8-3-9-17-26,22-25-14-6-2-7-15-25)30(35-36(32)33,27-18-10-4-11-19-27)28-20-12-5-13-21-28/h2-21,24,31-33H,22-23H2,1H3. The van der Waals surface area contributed by atoms with E-state index in [9.17, 15) is 14.9 Å². The van der Waals surface area contributed by atoms with E-state index < -0.39 is 25.9 Å². The van der Waals surface area contributed by atoms with Gasteiger partial charge in [-0.15, -0.1) is 0 Å². The van der Waals surface area contributed by atoms with Gasteiger partial charge in [0.15, 0.2) is 5.60 Å². The normalized spacial score (nSPS) is 14.4. The Morgan fingerprint density at radius 2 is 1.08 bits per heavy atom. The van der Waals surface area contributed by atoms with Crippen molar-refractivity contribution >= 4 is 8.60 Å². The Morgan fingerprint density at radius 3 is 1.50 bits per heavy atom.